The van der Waals surface area contributed by atoms with Gasteiger partial charge in [0.2, 0.25) is 0 Å². The Morgan fingerprint density at radius 1 is 1.29 bits per heavy atom. The van der Waals surface area contributed by atoms with E-state index >= 15 is 0 Å². The lowest BCUT2D eigenvalue weighted by molar-refractivity contribution is -0.140. The molecule has 0 saturated heterocycles. The summed E-state index contributed by atoms with van der Waals surface area (Å²) in [4.78, 5) is 24.4. The number of hydrogen-bond donors (Lipinski definition) is 0. The minimum Gasteiger partial charge on any atom is -0.469 e. The van der Waals surface area contributed by atoms with Crippen LogP contribution in [0.5, 0.6) is 0 Å². The van der Waals surface area contributed by atoms with E-state index < -0.39 is 0 Å². The van der Waals surface area contributed by atoms with E-state index in [2.05, 4.69) is 20.7 Å². The van der Waals surface area contributed by atoms with Crippen LogP contribution >= 0.6 is 15.9 Å². The predicted octanol–water partition coefficient (Wildman–Crippen LogP) is 2.08. The Kier molecular flexibility index (Phi) is 5.15. The average molecular weight is 300 g/mol. The van der Waals surface area contributed by atoms with Crippen molar-refractivity contribution in [2.75, 3.05) is 20.7 Å². The SMILES string of the molecule is COC(=O)CCN(C)C(=O)c1ccc(Br)cc1. The Morgan fingerprint density at radius 3 is 2.41 bits per heavy atom. The monoisotopic (exact) mass is 299 g/mol. The third-order valence-electron chi connectivity index (χ3n) is 2.32. The second kappa shape index (κ2) is 6.39. The van der Waals surface area contributed by atoms with Crippen LogP contribution in [-0.4, -0.2) is 37.5 Å². The largest absolute Gasteiger partial charge is 0.469 e. The van der Waals surface area contributed by atoms with E-state index in [4.69, 9.17) is 0 Å². The van der Waals surface area contributed by atoms with Crippen LogP contribution < -0.4 is 0 Å². The fraction of sp³-hybridized carbons (Fsp3) is 0.333. The molecular formula is C12H14BrNO3. The van der Waals surface area contributed by atoms with Gasteiger partial charge in [0, 0.05) is 23.6 Å². The summed E-state index contributed by atoms with van der Waals surface area (Å²) < 4.78 is 5.44. The maximum Gasteiger partial charge on any atom is 0.307 e. The van der Waals surface area contributed by atoms with Crippen LogP contribution in [0, 0.1) is 0 Å². The highest BCUT2D eigenvalue weighted by Gasteiger charge is 2.12. The highest BCUT2D eigenvalue weighted by Crippen LogP contribution is 2.12. The van der Waals surface area contributed by atoms with E-state index in [1.807, 2.05) is 0 Å². The predicted molar refractivity (Wildman–Crippen MR) is 67.7 cm³/mol. The van der Waals surface area contributed by atoms with Gasteiger partial charge in [-0.15, -0.1) is 0 Å². The number of carbonyl (C=O) groups is 2. The Hall–Kier alpha value is -1.36. The highest BCUT2D eigenvalue weighted by atomic mass is 79.9. The van der Waals surface area contributed by atoms with E-state index in [1.165, 1.54) is 12.0 Å². The summed E-state index contributed by atoms with van der Waals surface area (Å²) in [5.74, 6) is -0.429. The van der Waals surface area contributed by atoms with E-state index in [9.17, 15) is 9.59 Å². The number of halogens is 1. The summed E-state index contributed by atoms with van der Waals surface area (Å²) in [6.07, 6.45) is 0.204. The molecule has 1 amide bonds. The summed E-state index contributed by atoms with van der Waals surface area (Å²) in [5.41, 5.74) is 0.598. The maximum atomic E-state index is 11.9. The molecule has 0 unspecified atom stereocenters. The van der Waals surface area contributed by atoms with Gasteiger partial charge >= 0.3 is 5.97 Å². The van der Waals surface area contributed by atoms with Gasteiger partial charge in [0.05, 0.1) is 13.5 Å². The molecule has 0 radical (unpaired) electrons. The van der Waals surface area contributed by atoms with Crippen molar-refractivity contribution in [2.24, 2.45) is 0 Å². The number of nitrogens with zero attached hydrogens (tertiary/aromatic N) is 1. The Bertz CT molecular complexity index is 403. The number of amides is 1. The van der Waals surface area contributed by atoms with Crippen molar-refractivity contribution in [1.82, 2.24) is 4.90 Å². The van der Waals surface area contributed by atoms with Crippen LogP contribution in [0.2, 0.25) is 0 Å². The third-order valence-corrected chi connectivity index (χ3v) is 2.85. The molecule has 92 valence electrons. The molecule has 0 bridgehead atoms. The molecule has 1 aromatic carbocycles. The number of methoxy groups -OCH3 is 1. The van der Waals surface area contributed by atoms with Crippen molar-refractivity contribution in [3.8, 4) is 0 Å². The first-order valence-electron chi connectivity index (χ1n) is 5.12. The topological polar surface area (TPSA) is 46.6 Å². The van der Waals surface area contributed by atoms with Gasteiger partial charge in [-0.05, 0) is 24.3 Å². The van der Waals surface area contributed by atoms with Gasteiger partial charge in [0.1, 0.15) is 0 Å². The van der Waals surface area contributed by atoms with E-state index in [1.54, 1.807) is 31.3 Å². The lowest BCUT2D eigenvalue weighted by atomic mass is 10.2. The molecule has 17 heavy (non-hydrogen) atoms. The minimum absolute atomic E-state index is 0.110. The molecule has 0 aliphatic carbocycles. The van der Waals surface area contributed by atoms with Crippen LogP contribution in [0.4, 0.5) is 0 Å². The zero-order chi connectivity index (χ0) is 12.8. The van der Waals surface area contributed by atoms with Crippen molar-refractivity contribution in [1.29, 1.82) is 0 Å². The smallest absolute Gasteiger partial charge is 0.307 e. The third kappa shape index (κ3) is 4.19. The van der Waals surface area contributed by atoms with Gasteiger partial charge in [-0.3, -0.25) is 9.59 Å². The maximum absolute atomic E-state index is 11.9. The number of esters is 1. The van der Waals surface area contributed by atoms with Crippen molar-refractivity contribution in [2.45, 2.75) is 6.42 Å². The van der Waals surface area contributed by atoms with Crippen molar-refractivity contribution in [3.05, 3.63) is 34.3 Å². The van der Waals surface area contributed by atoms with Crippen LogP contribution in [0.1, 0.15) is 16.8 Å². The molecule has 0 spiro atoms. The number of benzene rings is 1. The molecule has 0 aliphatic rings. The zero-order valence-corrected chi connectivity index (χ0v) is 11.4. The van der Waals surface area contributed by atoms with Crippen LogP contribution in [0.25, 0.3) is 0 Å². The fourth-order valence-electron chi connectivity index (χ4n) is 1.28. The Labute approximate surface area is 109 Å². The first kappa shape index (κ1) is 13.7. The van der Waals surface area contributed by atoms with Gasteiger partial charge < -0.3 is 9.64 Å². The van der Waals surface area contributed by atoms with Crippen molar-refractivity contribution >= 4 is 27.8 Å². The lowest BCUT2D eigenvalue weighted by Gasteiger charge is -2.16. The molecule has 0 heterocycles. The van der Waals surface area contributed by atoms with Crippen molar-refractivity contribution < 1.29 is 14.3 Å². The van der Waals surface area contributed by atoms with E-state index in [0.29, 0.717) is 12.1 Å². The molecule has 0 atom stereocenters. The summed E-state index contributed by atoms with van der Waals surface area (Å²) in [7, 11) is 2.99. The molecular weight excluding hydrogens is 286 g/mol. The molecule has 1 aromatic rings. The number of carbonyl (C=O) groups excluding carboxylic acids is 2. The Morgan fingerprint density at radius 2 is 1.88 bits per heavy atom. The average Bonchev–Trinajstić information content (AvgIpc) is 2.35. The zero-order valence-electron chi connectivity index (χ0n) is 9.77. The normalized spacial score (nSPS) is 9.82. The molecule has 1 rings (SSSR count). The molecule has 0 aromatic heterocycles. The number of ether oxygens (including phenoxy) is 1. The number of rotatable bonds is 4. The van der Waals surface area contributed by atoms with Gasteiger partial charge in [-0.1, -0.05) is 15.9 Å². The van der Waals surface area contributed by atoms with Gasteiger partial charge in [0.25, 0.3) is 5.91 Å². The van der Waals surface area contributed by atoms with Crippen LogP contribution in [0.3, 0.4) is 0 Å². The Balaban J connectivity index is 2.57. The molecule has 4 nitrogen and oxygen atoms in total. The number of hydrogen-bond acceptors (Lipinski definition) is 3. The first-order chi connectivity index (χ1) is 8.04. The molecule has 0 N–H and O–H groups in total. The molecule has 0 aliphatic heterocycles. The lowest BCUT2D eigenvalue weighted by Crippen LogP contribution is -2.29. The summed E-state index contributed by atoms with van der Waals surface area (Å²) in [5, 5.41) is 0. The quantitative estimate of drug-likeness (QED) is 0.800. The summed E-state index contributed by atoms with van der Waals surface area (Å²) >= 11 is 3.30. The second-order valence-corrected chi connectivity index (χ2v) is 4.48. The highest BCUT2D eigenvalue weighted by molar-refractivity contribution is 9.10. The molecule has 0 saturated carbocycles. The fourth-order valence-corrected chi connectivity index (χ4v) is 1.54. The molecule has 5 heteroatoms. The second-order valence-electron chi connectivity index (χ2n) is 3.56. The summed E-state index contributed by atoms with van der Waals surface area (Å²) in [6, 6.07) is 7.09. The van der Waals surface area contributed by atoms with E-state index in [0.717, 1.165) is 4.47 Å². The molecule has 0 fully saturated rings. The van der Waals surface area contributed by atoms with Crippen molar-refractivity contribution in [3.63, 3.8) is 0 Å². The van der Waals surface area contributed by atoms with Crippen LogP contribution in [-0.2, 0) is 9.53 Å². The first-order valence-corrected chi connectivity index (χ1v) is 5.91. The van der Waals surface area contributed by atoms with Gasteiger partial charge in [0.15, 0.2) is 0 Å². The van der Waals surface area contributed by atoms with Gasteiger partial charge in [-0.25, -0.2) is 0 Å². The standard InChI is InChI=1S/C12H14BrNO3/c1-14(8-7-11(15)17-2)12(16)9-3-5-10(13)6-4-9/h3-6H,7-8H2,1-2H3. The van der Waals surface area contributed by atoms with E-state index in [-0.39, 0.29) is 18.3 Å². The van der Waals surface area contributed by atoms with Gasteiger partial charge in [-0.2, -0.15) is 0 Å². The van der Waals surface area contributed by atoms with Crippen LogP contribution in [0.15, 0.2) is 28.7 Å². The minimum atomic E-state index is -0.319. The summed E-state index contributed by atoms with van der Waals surface area (Å²) in [6.45, 7) is 0.349.